The Labute approximate surface area is 168 Å². The molecule has 7 nitrogen and oxygen atoms in total. The molecule has 2 rings (SSSR count). The molecule has 0 spiro atoms. The third-order valence-corrected chi connectivity index (χ3v) is 4.95. The summed E-state index contributed by atoms with van der Waals surface area (Å²) in [6, 6.07) is -0.306. The average Bonchev–Trinajstić information content (AvgIpc) is 2.62. The Morgan fingerprint density at radius 2 is 2.11 bits per heavy atom. The summed E-state index contributed by atoms with van der Waals surface area (Å²) in [6.45, 7) is 7.07. The number of likely N-dealkylation sites (tertiary alicyclic amines) is 1. The van der Waals surface area contributed by atoms with Crippen LogP contribution in [-0.4, -0.2) is 78.3 Å². The second kappa shape index (κ2) is 9.92. The molecule has 3 amide bonds. The smallest absolute Gasteiger partial charge is 0.332 e. The zero-order chi connectivity index (χ0) is 20.7. The maximum absolute atomic E-state index is 12.7. The van der Waals surface area contributed by atoms with Crippen molar-refractivity contribution < 1.29 is 9.59 Å². The van der Waals surface area contributed by atoms with Crippen molar-refractivity contribution in [3.05, 3.63) is 48.4 Å². The summed E-state index contributed by atoms with van der Waals surface area (Å²) in [5.41, 5.74) is 1.92. The van der Waals surface area contributed by atoms with Crippen LogP contribution in [0.2, 0.25) is 0 Å². The Kier molecular flexibility index (Phi) is 7.61. The molecule has 2 aliphatic rings. The first-order valence-corrected chi connectivity index (χ1v) is 9.59. The molecule has 0 aromatic carbocycles. The Morgan fingerprint density at radius 1 is 1.39 bits per heavy atom. The number of imide groups is 1. The maximum Gasteiger partial charge on any atom is 0.332 e. The zero-order valence-corrected chi connectivity index (χ0v) is 17.3. The van der Waals surface area contributed by atoms with E-state index < -0.39 is 0 Å². The van der Waals surface area contributed by atoms with E-state index >= 15 is 0 Å². The third kappa shape index (κ3) is 4.91. The normalized spacial score (nSPS) is 19.7. The summed E-state index contributed by atoms with van der Waals surface area (Å²) in [7, 11) is 5.72. The number of urea groups is 1. The first-order chi connectivity index (χ1) is 13.4. The minimum atomic E-state index is -0.306. The van der Waals surface area contributed by atoms with Gasteiger partial charge in [0.1, 0.15) is 6.17 Å². The number of amidine groups is 1. The van der Waals surface area contributed by atoms with Gasteiger partial charge in [0.15, 0.2) is 5.84 Å². The predicted molar refractivity (Wildman–Crippen MR) is 113 cm³/mol. The van der Waals surface area contributed by atoms with Gasteiger partial charge in [0.05, 0.1) is 5.70 Å². The van der Waals surface area contributed by atoms with Crippen LogP contribution in [0.15, 0.2) is 53.3 Å². The second-order valence-electron chi connectivity index (χ2n) is 7.10. The molecule has 1 unspecified atom stereocenters. The highest BCUT2D eigenvalue weighted by Gasteiger charge is 2.33. The summed E-state index contributed by atoms with van der Waals surface area (Å²) in [5.74, 6) is 0.406. The molecule has 1 atom stereocenters. The minimum absolute atomic E-state index is 0.155. The molecule has 0 aliphatic carbocycles. The van der Waals surface area contributed by atoms with Gasteiger partial charge >= 0.3 is 6.03 Å². The predicted octanol–water partition coefficient (Wildman–Crippen LogP) is 2.81. The fourth-order valence-electron chi connectivity index (χ4n) is 3.06. The number of carbonyl (C=O) groups is 2. The lowest BCUT2D eigenvalue weighted by atomic mass is 10.1. The van der Waals surface area contributed by atoms with Gasteiger partial charge in [-0.3, -0.25) is 4.79 Å². The molecule has 0 aromatic rings. The Balaban J connectivity index is 2.25. The third-order valence-electron chi connectivity index (χ3n) is 4.95. The van der Waals surface area contributed by atoms with Crippen molar-refractivity contribution in [2.24, 2.45) is 4.99 Å². The van der Waals surface area contributed by atoms with Gasteiger partial charge in [-0.05, 0) is 26.2 Å². The monoisotopic (exact) mass is 385 g/mol. The van der Waals surface area contributed by atoms with Crippen LogP contribution >= 0.6 is 0 Å². The molecule has 0 saturated carbocycles. The highest BCUT2D eigenvalue weighted by atomic mass is 16.2. The van der Waals surface area contributed by atoms with Crippen LogP contribution in [0.25, 0.3) is 0 Å². The van der Waals surface area contributed by atoms with Crippen molar-refractivity contribution in [3.63, 3.8) is 0 Å². The number of amides is 3. The average molecular weight is 386 g/mol. The van der Waals surface area contributed by atoms with Gasteiger partial charge in [-0.25, -0.2) is 14.7 Å². The molecule has 0 N–H and O–H groups in total. The van der Waals surface area contributed by atoms with Crippen LogP contribution in [-0.2, 0) is 4.79 Å². The van der Waals surface area contributed by atoms with Crippen LogP contribution in [0.3, 0.4) is 0 Å². The van der Waals surface area contributed by atoms with E-state index in [0.717, 1.165) is 29.9 Å². The fourth-order valence-corrected chi connectivity index (χ4v) is 3.06. The maximum atomic E-state index is 12.7. The number of likely N-dealkylation sites (N-methyl/N-ethyl adjacent to an activating group) is 1. The Morgan fingerprint density at radius 3 is 2.61 bits per heavy atom. The van der Waals surface area contributed by atoms with E-state index in [1.807, 2.05) is 56.2 Å². The molecule has 0 bridgehead atoms. The number of carbonyl (C=O) groups excluding carboxylic acids is 2. The Bertz CT molecular complexity index is 716. The molecule has 1 fully saturated rings. The van der Waals surface area contributed by atoms with Crippen molar-refractivity contribution in [1.29, 1.82) is 0 Å². The molecule has 28 heavy (non-hydrogen) atoms. The number of hydrogen-bond donors (Lipinski definition) is 0. The van der Waals surface area contributed by atoms with E-state index in [1.165, 1.54) is 5.57 Å². The van der Waals surface area contributed by atoms with E-state index in [1.54, 1.807) is 11.0 Å². The quantitative estimate of drug-likeness (QED) is 0.499. The van der Waals surface area contributed by atoms with Gasteiger partial charge in [-0.2, -0.15) is 0 Å². The molecule has 2 aliphatic heterocycles. The minimum Gasteiger partial charge on any atom is -0.373 e. The van der Waals surface area contributed by atoms with Crippen LogP contribution in [0.5, 0.6) is 0 Å². The first kappa shape index (κ1) is 21.5. The summed E-state index contributed by atoms with van der Waals surface area (Å²) in [5, 5.41) is 0. The summed E-state index contributed by atoms with van der Waals surface area (Å²) < 4.78 is 0. The fraction of sp³-hybridized carbons (Fsp3) is 0.476. The number of hydrogen-bond acceptors (Lipinski definition) is 5. The molecule has 1 saturated heterocycles. The van der Waals surface area contributed by atoms with E-state index in [4.69, 9.17) is 4.99 Å². The summed E-state index contributed by atoms with van der Waals surface area (Å²) >= 11 is 0. The van der Waals surface area contributed by atoms with Gasteiger partial charge < -0.3 is 14.7 Å². The van der Waals surface area contributed by atoms with Crippen molar-refractivity contribution in [2.75, 3.05) is 34.2 Å². The van der Waals surface area contributed by atoms with E-state index in [0.29, 0.717) is 25.3 Å². The molecular formula is C21H31N5O2. The SMILES string of the molecule is C=C/C=C\C(=C/C)CCC1N=C(N(C=O)C(=O)N2CCC2)C(N(C)C)=CN1C. The van der Waals surface area contributed by atoms with Crippen molar-refractivity contribution in [2.45, 2.75) is 32.4 Å². The van der Waals surface area contributed by atoms with Crippen LogP contribution in [0, 0.1) is 0 Å². The number of allylic oxidation sites excluding steroid dienone is 5. The lowest BCUT2D eigenvalue weighted by Gasteiger charge is -2.38. The number of aliphatic imine (C=N–C) groups is 1. The number of rotatable bonds is 7. The first-order valence-electron chi connectivity index (χ1n) is 9.59. The van der Waals surface area contributed by atoms with Crippen molar-refractivity contribution in [3.8, 4) is 0 Å². The molecule has 2 heterocycles. The zero-order valence-electron chi connectivity index (χ0n) is 17.3. The van der Waals surface area contributed by atoms with Gasteiger partial charge in [-0.15, -0.1) is 0 Å². The lowest BCUT2D eigenvalue weighted by molar-refractivity contribution is -0.113. The van der Waals surface area contributed by atoms with E-state index in [-0.39, 0.29) is 12.2 Å². The Hall–Kier alpha value is -2.83. The lowest BCUT2D eigenvalue weighted by Crippen LogP contribution is -2.53. The topological polar surface area (TPSA) is 59.5 Å². The number of nitrogens with zero attached hydrogens (tertiary/aromatic N) is 5. The molecule has 0 aromatic heterocycles. The van der Waals surface area contributed by atoms with Gasteiger partial charge in [0.2, 0.25) is 6.41 Å². The summed E-state index contributed by atoms with van der Waals surface area (Å²) in [4.78, 5) is 36.0. The van der Waals surface area contributed by atoms with Crippen LogP contribution in [0.4, 0.5) is 4.79 Å². The summed E-state index contributed by atoms with van der Waals surface area (Å²) in [6.07, 6.45) is 12.7. The van der Waals surface area contributed by atoms with Gasteiger partial charge in [-0.1, -0.05) is 36.5 Å². The van der Waals surface area contributed by atoms with Crippen molar-refractivity contribution >= 4 is 18.3 Å². The second-order valence-corrected chi connectivity index (χ2v) is 7.10. The van der Waals surface area contributed by atoms with Crippen LogP contribution in [0.1, 0.15) is 26.2 Å². The molecule has 0 radical (unpaired) electrons. The largest absolute Gasteiger partial charge is 0.373 e. The van der Waals surface area contributed by atoms with E-state index in [2.05, 4.69) is 12.7 Å². The van der Waals surface area contributed by atoms with E-state index in [9.17, 15) is 9.59 Å². The van der Waals surface area contributed by atoms with Crippen molar-refractivity contribution in [1.82, 2.24) is 19.6 Å². The molecular weight excluding hydrogens is 354 g/mol. The highest BCUT2D eigenvalue weighted by Crippen LogP contribution is 2.23. The standard InChI is InChI=1S/C21H31N5O2/c1-6-8-10-17(7-2)11-12-19-22-20(18(23(3)4)15-24(19)5)26(16-27)21(28)25-13-9-14-25/h6-8,10,15-16,19H,1,9,11-14H2,2-5H3/b10-8-,17-7+. The van der Waals surface area contributed by atoms with Gasteiger partial charge in [0.25, 0.3) is 0 Å². The molecule has 7 heteroatoms. The van der Waals surface area contributed by atoms with Crippen LogP contribution < -0.4 is 0 Å². The van der Waals surface area contributed by atoms with Gasteiger partial charge in [0, 0.05) is 40.4 Å². The molecule has 152 valence electrons. The highest BCUT2D eigenvalue weighted by molar-refractivity contribution is 6.13.